The molecule has 26 heavy (non-hydrogen) atoms. The van der Waals surface area contributed by atoms with Crippen LogP contribution in [0.15, 0.2) is 77.3 Å². The SMILES string of the molecule is Cc1ccccc1OC(=O)c1cc(Br)ccc1OCCc1ccccc1. The van der Waals surface area contributed by atoms with E-state index in [-0.39, 0.29) is 0 Å². The summed E-state index contributed by atoms with van der Waals surface area (Å²) in [6, 6.07) is 22.9. The quantitative estimate of drug-likeness (QED) is 0.391. The van der Waals surface area contributed by atoms with E-state index in [4.69, 9.17) is 9.47 Å². The smallest absolute Gasteiger partial charge is 0.347 e. The summed E-state index contributed by atoms with van der Waals surface area (Å²) in [4.78, 5) is 12.6. The van der Waals surface area contributed by atoms with Crippen molar-refractivity contribution in [3.63, 3.8) is 0 Å². The van der Waals surface area contributed by atoms with Crippen LogP contribution in [-0.2, 0) is 6.42 Å². The molecule has 0 heterocycles. The van der Waals surface area contributed by atoms with Gasteiger partial charge in [-0.2, -0.15) is 0 Å². The van der Waals surface area contributed by atoms with E-state index in [0.29, 0.717) is 23.7 Å². The lowest BCUT2D eigenvalue weighted by Crippen LogP contribution is -2.12. The number of halogens is 1. The Balaban J connectivity index is 1.73. The zero-order chi connectivity index (χ0) is 18.4. The molecule has 0 amide bonds. The molecule has 0 unspecified atom stereocenters. The first-order chi connectivity index (χ1) is 12.6. The number of esters is 1. The summed E-state index contributed by atoms with van der Waals surface area (Å²) in [6.07, 6.45) is 0.767. The highest BCUT2D eigenvalue weighted by Gasteiger charge is 2.16. The van der Waals surface area contributed by atoms with Crippen LogP contribution in [0.5, 0.6) is 11.5 Å². The van der Waals surface area contributed by atoms with Crippen LogP contribution in [0.4, 0.5) is 0 Å². The fraction of sp³-hybridized carbons (Fsp3) is 0.136. The number of hydrogen-bond donors (Lipinski definition) is 0. The monoisotopic (exact) mass is 410 g/mol. The largest absolute Gasteiger partial charge is 0.492 e. The second kappa shape index (κ2) is 8.68. The average molecular weight is 411 g/mol. The minimum atomic E-state index is -0.435. The van der Waals surface area contributed by atoms with Crippen LogP contribution in [0.2, 0.25) is 0 Å². The maximum Gasteiger partial charge on any atom is 0.347 e. The highest BCUT2D eigenvalue weighted by molar-refractivity contribution is 9.10. The van der Waals surface area contributed by atoms with Gasteiger partial charge in [-0.1, -0.05) is 64.5 Å². The summed E-state index contributed by atoms with van der Waals surface area (Å²) in [5.41, 5.74) is 2.49. The van der Waals surface area contributed by atoms with E-state index in [1.54, 1.807) is 18.2 Å². The van der Waals surface area contributed by atoms with Crippen LogP contribution in [-0.4, -0.2) is 12.6 Å². The van der Waals surface area contributed by atoms with Crippen LogP contribution in [0.1, 0.15) is 21.5 Å². The number of carbonyl (C=O) groups is 1. The Hall–Kier alpha value is -2.59. The van der Waals surface area contributed by atoms with E-state index in [0.717, 1.165) is 16.5 Å². The van der Waals surface area contributed by atoms with E-state index in [1.807, 2.05) is 49.4 Å². The molecule has 0 bridgehead atoms. The molecule has 0 saturated heterocycles. The van der Waals surface area contributed by atoms with Gasteiger partial charge in [-0.3, -0.25) is 0 Å². The first kappa shape index (κ1) is 18.2. The lowest BCUT2D eigenvalue weighted by molar-refractivity contribution is 0.0729. The van der Waals surface area contributed by atoms with Gasteiger partial charge in [0, 0.05) is 10.9 Å². The molecule has 0 atom stereocenters. The highest BCUT2D eigenvalue weighted by atomic mass is 79.9. The van der Waals surface area contributed by atoms with Crippen LogP contribution in [0.3, 0.4) is 0 Å². The van der Waals surface area contributed by atoms with Crippen molar-refractivity contribution in [1.82, 2.24) is 0 Å². The van der Waals surface area contributed by atoms with E-state index in [2.05, 4.69) is 28.1 Å². The molecular formula is C22H19BrO3. The highest BCUT2D eigenvalue weighted by Crippen LogP contribution is 2.26. The van der Waals surface area contributed by atoms with Gasteiger partial charge in [0.2, 0.25) is 0 Å². The third-order valence-corrected chi connectivity index (χ3v) is 4.44. The number of ether oxygens (including phenoxy) is 2. The van der Waals surface area contributed by atoms with Crippen molar-refractivity contribution in [2.75, 3.05) is 6.61 Å². The van der Waals surface area contributed by atoms with Gasteiger partial charge in [0.25, 0.3) is 0 Å². The molecule has 0 radical (unpaired) electrons. The van der Waals surface area contributed by atoms with E-state index < -0.39 is 5.97 Å². The molecule has 3 rings (SSSR count). The van der Waals surface area contributed by atoms with E-state index in [9.17, 15) is 4.79 Å². The lowest BCUT2D eigenvalue weighted by Gasteiger charge is -2.12. The molecule has 0 spiro atoms. The van der Waals surface area contributed by atoms with Crippen molar-refractivity contribution in [2.45, 2.75) is 13.3 Å². The summed E-state index contributed by atoms with van der Waals surface area (Å²) >= 11 is 3.41. The maximum atomic E-state index is 12.6. The van der Waals surface area contributed by atoms with Crippen molar-refractivity contribution in [3.05, 3.63) is 94.0 Å². The molecule has 0 aliphatic carbocycles. The Morgan fingerprint density at radius 2 is 1.65 bits per heavy atom. The third kappa shape index (κ3) is 4.73. The molecule has 0 fully saturated rings. The van der Waals surface area contributed by atoms with Crippen molar-refractivity contribution >= 4 is 21.9 Å². The number of aryl methyl sites for hydroxylation is 1. The summed E-state index contributed by atoms with van der Waals surface area (Å²) in [5, 5.41) is 0. The fourth-order valence-corrected chi connectivity index (χ4v) is 2.90. The molecule has 3 nitrogen and oxygen atoms in total. The van der Waals surface area contributed by atoms with Crippen LogP contribution < -0.4 is 9.47 Å². The molecule has 0 aromatic heterocycles. The van der Waals surface area contributed by atoms with Crippen molar-refractivity contribution in [3.8, 4) is 11.5 Å². The third-order valence-electron chi connectivity index (χ3n) is 3.95. The number of benzene rings is 3. The predicted octanol–water partition coefficient (Wildman–Crippen LogP) is 5.60. The van der Waals surface area contributed by atoms with Gasteiger partial charge >= 0.3 is 5.97 Å². The number of rotatable bonds is 6. The summed E-state index contributed by atoms with van der Waals surface area (Å²) in [7, 11) is 0. The molecule has 0 aliphatic rings. The summed E-state index contributed by atoms with van der Waals surface area (Å²) in [6.45, 7) is 2.39. The summed E-state index contributed by atoms with van der Waals surface area (Å²) < 4.78 is 12.2. The zero-order valence-electron chi connectivity index (χ0n) is 14.4. The average Bonchev–Trinajstić information content (AvgIpc) is 2.65. The van der Waals surface area contributed by atoms with Crippen LogP contribution in [0.25, 0.3) is 0 Å². The Labute approximate surface area is 161 Å². The Kier molecular flexibility index (Phi) is 6.08. The van der Waals surface area contributed by atoms with Crippen LogP contribution >= 0.6 is 15.9 Å². The van der Waals surface area contributed by atoms with Crippen LogP contribution in [0, 0.1) is 6.92 Å². The molecule has 4 heteroatoms. The fourth-order valence-electron chi connectivity index (χ4n) is 2.54. The molecule has 3 aromatic rings. The summed E-state index contributed by atoms with van der Waals surface area (Å²) in [5.74, 6) is 0.630. The molecule has 0 saturated carbocycles. The number of carbonyl (C=O) groups excluding carboxylic acids is 1. The lowest BCUT2D eigenvalue weighted by atomic mass is 10.1. The van der Waals surface area contributed by atoms with Gasteiger partial charge in [0.15, 0.2) is 0 Å². The van der Waals surface area contributed by atoms with Gasteiger partial charge in [-0.05, 0) is 42.3 Å². The Morgan fingerprint density at radius 1 is 0.923 bits per heavy atom. The van der Waals surface area contributed by atoms with Crippen molar-refractivity contribution < 1.29 is 14.3 Å². The molecule has 0 aliphatic heterocycles. The van der Waals surface area contributed by atoms with Crippen molar-refractivity contribution in [1.29, 1.82) is 0 Å². The predicted molar refractivity (Wildman–Crippen MR) is 106 cm³/mol. The maximum absolute atomic E-state index is 12.6. The second-order valence-corrected chi connectivity index (χ2v) is 6.80. The molecular weight excluding hydrogens is 392 g/mol. The van der Waals surface area contributed by atoms with Crippen molar-refractivity contribution in [2.24, 2.45) is 0 Å². The standard InChI is InChI=1S/C22H19BrO3/c1-16-7-5-6-10-20(16)26-22(24)19-15-18(23)11-12-21(19)25-14-13-17-8-3-2-4-9-17/h2-12,15H,13-14H2,1H3. The Bertz CT molecular complexity index is 891. The minimum absolute atomic E-state index is 0.399. The van der Waals surface area contributed by atoms with E-state index >= 15 is 0 Å². The van der Waals surface area contributed by atoms with Gasteiger partial charge in [-0.25, -0.2) is 4.79 Å². The topological polar surface area (TPSA) is 35.5 Å². The minimum Gasteiger partial charge on any atom is -0.492 e. The first-order valence-corrected chi connectivity index (χ1v) is 9.17. The first-order valence-electron chi connectivity index (χ1n) is 8.37. The molecule has 0 N–H and O–H groups in total. The molecule has 3 aromatic carbocycles. The second-order valence-electron chi connectivity index (χ2n) is 5.88. The van der Waals surface area contributed by atoms with Gasteiger partial charge in [0.1, 0.15) is 17.1 Å². The normalized spacial score (nSPS) is 10.4. The van der Waals surface area contributed by atoms with Gasteiger partial charge in [-0.15, -0.1) is 0 Å². The number of hydrogen-bond acceptors (Lipinski definition) is 3. The molecule has 132 valence electrons. The van der Waals surface area contributed by atoms with Gasteiger partial charge < -0.3 is 9.47 Å². The number of para-hydroxylation sites is 1. The zero-order valence-corrected chi connectivity index (χ0v) is 16.0. The van der Waals surface area contributed by atoms with E-state index in [1.165, 1.54) is 5.56 Å². The van der Waals surface area contributed by atoms with Gasteiger partial charge in [0.05, 0.1) is 6.61 Å². The Morgan fingerprint density at radius 3 is 2.42 bits per heavy atom.